The average molecular weight is 385 g/mol. The normalized spacial score (nSPS) is 14.2. The number of aryl methyl sites for hydroxylation is 1. The summed E-state index contributed by atoms with van der Waals surface area (Å²) in [4.78, 5) is 23.9. The molecule has 1 heterocycles. The molecule has 0 radical (unpaired) electrons. The van der Waals surface area contributed by atoms with Crippen molar-refractivity contribution in [2.24, 2.45) is 14.1 Å². The molecule has 27 heavy (non-hydrogen) atoms. The number of alkyl halides is 3. The van der Waals surface area contributed by atoms with Crippen LogP contribution in [-0.2, 0) is 26.8 Å². The molecule has 0 aliphatic rings. The Bertz CT molecular complexity index is 901. The van der Waals surface area contributed by atoms with Crippen LogP contribution in [0.5, 0.6) is 0 Å². The van der Waals surface area contributed by atoms with Crippen molar-refractivity contribution in [2.75, 3.05) is 0 Å². The van der Waals surface area contributed by atoms with E-state index in [9.17, 15) is 27.9 Å². The van der Waals surface area contributed by atoms with Crippen molar-refractivity contribution in [1.29, 1.82) is 0 Å². The van der Waals surface area contributed by atoms with Gasteiger partial charge in [0.15, 0.2) is 0 Å². The topological polar surface area (TPSA) is 76.3 Å². The monoisotopic (exact) mass is 385 g/mol. The van der Waals surface area contributed by atoms with Gasteiger partial charge in [-0.15, -0.1) is 0 Å². The maximum Gasteiger partial charge on any atom is 0.416 e. The zero-order valence-corrected chi connectivity index (χ0v) is 15.2. The summed E-state index contributed by atoms with van der Waals surface area (Å²) in [5.74, 6) is 0. The van der Waals surface area contributed by atoms with Gasteiger partial charge in [-0.25, -0.2) is 4.79 Å². The number of hydrogen-bond acceptors (Lipinski definition) is 4. The second kappa shape index (κ2) is 8.10. The Morgan fingerprint density at radius 1 is 1.15 bits per heavy atom. The van der Waals surface area contributed by atoms with Crippen LogP contribution in [0.4, 0.5) is 13.2 Å². The van der Waals surface area contributed by atoms with Crippen molar-refractivity contribution in [3.05, 3.63) is 68.0 Å². The maximum atomic E-state index is 12.7. The first-order valence-corrected chi connectivity index (χ1v) is 8.40. The average Bonchev–Trinajstić information content (AvgIpc) is 2.63. The first kappa shape index (κ1) is 20.9. The lowest BCUT2D eigenvalue weighted by molar-refractivity contribution is -0.137. The third kappa shape index (κ3) is 4.67. The standard InChI is InChI=1S/C18H22F3N3O3/c1-4-14(15(25)11-5-7-13(8-6-11)18(19,20)21)22-9-12-10-23(2)17(27)24(3)16(12)26/h5-8,10,14-15,22,25H,4,9H2,1-3H3. The molecule has 2 aromatic rings. The lowest BCUT2D eigenvalue weighted by Gasteiger charge is -2.24. The molecule has 0 saturated carbocycles. The van der Waals surface area contributed by atoms with Gasteiger partial charge in [0.05, 0.1) is 11.7 Å². The fraction of sp³-hybridized carbons (Fsp3) is 0.444. The number of benzene rings is 1. The summed E-state index contributed by atoms with van der Waals surface area (Å²) < 4.78 is 40.2. The predicted molar refractivity (Wildman–Crippen MR) is 94.2 cm³/mol. The summed E-state index contributed by atoms with van der Waals surface area (Å²) in [6.07, 6.45) is -3.58. The highest BCUT2D eigenvalue weighted by atomic mass is 19.4. The van der Waals surface area contributed by atoms with Gasteiger partial charge in [-0.3, -0.25) is 9.36 Å². The number of nitrogens with zero attached hydrogens (tertiary/aromatic N) is 2. The van der Waals surface area contributed by atoms with Crippen molar-refractivity contribution in [1.82, 2.24) is 14.5 Å². The predicted octanol–water partition coefficient (Wildman–Crippen LogP) is 1.70. The highest BCUT2D eigenvalue weighted by Crippen LogP contribution is 2.30. The molecule has 0 aliphatic heterocycles. The molecule has 0 fully saturated rings. The van der Waals surface area contributed by atoms with E-state index >= 15 is 0 Å². The molecule has 2 N–H and O–H groups in total. The molecule has 2 rings (SSSR count). The largest absolute Gasteiger partial charge is 0.416 e. The van der Waals surface area contributed by atoms with Crippen LogP contribution in [0.1, 0.15) is 36.1 Å². The zero-order valence-electron chi connectivity index (χ0n) is 15.2. The van der Waals surface area contributed by atoms with E-state index in [1.807, 2.05) is 6.92 Å². The van der Waals surface area contributed by atoms with Gasteiger partial charge < -0.3 is 15.0 Å². The number of hydrogen-bond donors (Lipinski definition) is 2. The molecule has 1 aromatic heterocycles. The number of aromatic nitrogens is 2. The first-order valence-electron chi connectivity index (χ1n) is 8.40. The summed E-state index contributed by atoms with van der Waals surface area (Å²) in [7, 11) is 2.90. The van der Waals surface area contributed by atoms with Crippen molar-refractivity contribution >= 4 is 0 Å². The smallest absolute Gasteiger partial charge is 0.387 e. The molecule has 1 aromatic carbocycles. The summed E-state index contributed by atoms with van der Waals surface area (Å²) in [5.41, 5.74) is -0.980. The van der Waals surface area contributed by atoms with E-state index in [0.717, 1.165) is 16.7 Å². The Morgan fingerprint density at radius 3 is 2.26 bits per heavy atom. The molecule has 0 bridgehead atoms. The minimum atomic E-state index is -4.44. The van der Waals surface area contributed by atoms with Crippen molar-refractivity contribution in [3.8, 4) is 0 Å². The van der Waals surface area contributed by atoms with E-state index in [2.05, 4.69) is 5.32 Å². The molecule has 0 amide bonds. The minimum Gasteiger partial charge on any atom is -0.387 e. The summed E-state index contributed by atoms with van der Waals surface area (Å²) in [6, 6.07) is 3.84. The van der Waals surface area contributed by atoms with Crippen LogP contribution >= 0.6 is 0 Å². The van der Waals surface area contributed by atoms with Gasteiger partial charge in [-0.05, 0) is 24.1 Å². The van der Waals surface area contributed by atoms with Crippen molar-refractivity contribution in [3.63, 3.8) is 0 Å². The van der Waals surface area contributed by atoms with Crippen LogP contribution in [-0.4, -0.2) is 20.3 Å². The molecule has 9 heteroatoms. The molecule has 0 spiro atoms. The Kier molecular flexibility index (Phi) is 6.27. The second-order valence-corrected chi connectivity index (χ2v) is 6.37. The molecule has 0 aliphatic carbocycles. The van der Waals surface area contributed by atoms with Crippen molar-refractivity contribution in [2.45, 2.75) is 38.2 Å². The summed E-state index contributed by atoms with van der Waals surface area (Å²) >= 11 is 0. The molecule has 2 atom stereocenters. The van der Waals surface area contributed by atoms with E-state index in [-0.39, 0.29) is 6.54 Å². The Morgan fingerprint density at radius 2 is 1.74 bits per heavy atom. The fourth-order valence-corrected chi connectivity index (χ4v) is 2.83. The minimum absolute atomic E-state index is 0.108. The van der Waals surface area contributed by atoms with E-state index in [1.54, 1.807) is 0 Å². The van der Waals surface area contributed by atoms with Crippen molar-refractivity contribution < 1.29 is 18.3 Å². The fourth-order valence-electron chi connectivity index (χ4n) is 2.83. The van der Waals surface area contributed by atoms with Gasteiger partial charge in [0.25, 0.3) is 5.56 Å². The third-order valence-electron chi connectivity index (χ3n) is 4.47. The maximum absolute atomic E-state index is 12.7. The van der Waals surface area contributed by atoms with E-state index in [4.69, 9.17) is 0 Å². The zero-order chi connectivity index (χ0) is 20.4. The van der Waals surface area contributed by atoms with Crippen LogP contribution in [0.15, 0.2) is 40.1 Å². The highest BCUT2D eigenvalue weighted by molar-refractivity contribution is 5.26. The van der Waals surface area contributed by atoms with Gasteiger partial charge >= 0.3 is 11.9 Å². The number of nitrogens with one attached hydrogen (secondary N) is 1. The van der Waals surface area contributed by atoms with Crippen LogP contribution in [0.3, 0.4) is 0 Å². The van der Waals surface area contributed by atoms with Crippen LogP contribution < -0.4 is 16.6 Å². The molecule has 0 saturated heterocycles. The van der Waals surface area contributed by atoms with E-state index in [1.165, 1.54) is 37.0 Å². The number of rotatable bonds is 6. The lowest BCUT2D eigenvalue weighted by atomic mass is 9.99. The Balaban J connectivity index is 2.16. The van der Waals surface area contributed by atoms with Crippen LogP contribution in [0.25, 0.3) is 0 Å². The molecule has 2 unspecified atom stereocenters. The van der Waals surface area contributed by atoms with E-state index in [0.29, 0.717) is 17.5 Å². The summed E-state index contributed by atoms with van der Waals surface area (Å²) in [5, 5.41) is 13.5. The number of halogens is 3. The van der Waals surface area contributed by atoms with Crippen LogP contribution in [0, 0.1) is 0 Å². The van der Waals surface area contributed by atoms with Gasteiger partial charge in [-0.2, -0.15) is 13.2 Å². The van der Waals surface area contributed by atoms with Gasteiger partial charge in [0, 0.05) is 38.4 Å². The molecular formula is C18H22F3N3O3. The van der Waals surface area contributed by atoms with Gasteiger partial charge in [0.1, 0.15) is 0 Å². The number of aliphatic hydroxyl groups excluding tert-OH is 1. The Hall–Kier alpha value is -2.39. The van der Waals surface area contributed by atoms with Gasteiger partial charge in [0.2, 0.25) is 0 Å². The molecular weight excluding hydrogens is 363 g/mol. The molecule has 6 nitrogen and oxygen atoms in total. The lowest BCUT2D eigenvalue weighted by Crippen LogP contribution is -2.41. The Labute approximate surface area is 153 Å². The molecule has 148 valence electrons. The van der Waals surface area contributed by atoms with E-state index < -0.39 is 35.1 Å². The highest BCUT2D eigenvalue weighted by Gasteiger charge is 2.30. The third-order valence-corrected chi connectivity index (χ3v) is 4.47. The summed E-state index contributed by atoms with van der Waals surface area (Å²) in [6.45, 7) is 1.92. The quantitative estimate of drug-likeness (QED) is 0.794. The first-order chi connectivity index (χ1) is 12.6. The second-order valence-electron chi connectivity index (χ2n) is 6.37. The number of aliphatic hydroxyl groups is 1. The van der Waals surface area contributed by atoms with Crippen LogP contribution in [0.2, 0.25) is 0 Å². The SMILES string of the molecule is CCC(NCc1cn(C)c(=O)n(C)c1=O)C(O)c1ccc(C(F)(F)F)cc1. The van der Waals surface area contributed by atoms with Gasteiger partial charge in [-0.1, -0.05) is 19.1 Å².